The second-order valence-electron chi connectivity index (χ2n) is 8.65. The monoisotopic (exact) mass is 507 g/mol. The number of ether oxygens (including phenoxy) is 1. The van der Waals surface area contributed by atoms with Crippen LogP contribution in [0.15, 0.2) is 48.9 Å². The van der Waals surface area contributed by atoms with Crippen molar-refractivity contribution in [1.82, 2.24) is 24.8 Å². The number of piperidine rings is 1. The molecule has 4 heterocycles. The largest absolute Gasteiger partial charge is 0.475 e. The molecule has 2 atom stereocenters. The molecule has 7 nitrogen and oxygen atoms in total. The van der Waals surface area contributed by atoms with E-state index in [1.165, 1.54) is 12.4 Å². The first-order valence-electron chi connectivity index (χ1n) is 11.0. The van der Waals surface area contributed by atoms with Crippen molar-refractivity contribution in [2.75, 3.05) is 13.2 Å². The smallest absolute Gasteiger partial charge is 0.417 e. The van der Waals surface area contributed by atoms with Crippen molar-refractivity contribution in [3.8, 4) is 17.3 Å². The molecule has 190 valence electrons. The fourth-order valence-corrected chi connectivity index (χ4v) is 4.10. The minimum absolute atomic E-state index is 0.0799. The lowest BCUT2D eigenvalue weighted by Crippen LogP contribution is -2.57. The lowest BCUT2D eigenvalue weighted by atomic mass is 9.88. The molecule has 0 bridgehead atoms. The van der Waals surface area contributed by atoms with Gasteiger partial charge in [-0.2, -0.15) is 13.2 Å². The predicted molar refractivity (Wildman–Crippen MR) is 118 cm³/mol. The summed E-state index contributed by atoms with van der Waals surface area (Å²) in [5.74, 6) is -4.49. The number of amides is 1. The van der Waals surface area contributed by atoms with E-state index in [0.29, 0.717) is 11.9 Å². The molecule has 36 heavy (non-hydrogen) atoms. The molecule has 0 radical (unpaired) electrons. The molecular formula is C24H22F5N5O2. The van der Waals surface area contributed by atoms with Gasteiger partial charge in [-0.15, -0.1) is 0 Å². The van der Waals surface area contributed by atoms with Crippen molar-refractivity contribution in [2.24, 2.45) is 5.92 Å². The van der Waals surface area contributed by atoms with Crippen molar-refractivity contribution in [2.45, 2.75) is 38.4 Å². The highest BCUT2D eigenvalue weighted by atomic mass is 19.4. The molecule has 12 heteroatoms. The van der Waals surface area contributed by atoms with E-state index in [1.807, 2.05) is 0 Å². The number of nitrogens with zero attached hydrogens (tertiary/aromatic N) is 5. The molecule has 0 aliphatic carbocycles. The Hall–Kier alpha value is -3.70. The third-order valence-electron chi connectivity index (χ3n) is 5.85. The van der Waals surface area contributed by atoms with Gasteiger partial charge in [-0.25, -0.2) is 28.7 Å². The van der Waals surface area contributed by atoms with E-state index in [4.69, 9.17) is 4.74 Å². The summed E-state index contributed by atoms with van der Waals surface area (Å²) in [6.45, 7) is 2.11. The molecular weight excluding hydrogens is 485 g/mol. The predicted octanol–water partition coefficient (Wildman–Crippen LogP) is 4.83. The zero-order valence-corrected chi connectivity index (χ0v) is 19.3. The number of aryl methyl sites for hydroxylation is 1. The third kappa shape index (κ3) is 5.58. The van der Waals surface area contributed by atoms with E-state index >= 15 is 0 Å². The number of hydrogen-bond donors (Lipinski definition) is 0. The van der Waals surface area contributed by atoms with Crippen molar-refractivity contribution in [3.05, 3.63) is 65.9 Å². The molecule has 2 unspecified atom stereocenters. The lowest BCUT2D eigenvalue weighted by Gasteiger charge is -2.43. The van der Waals surface area contributed by atoms with Crippen LogP contribution in [0.5, 0.6) is 5.88 Å². The summed E-state index contributed by atoms with van der Waals surface area (Å²) in [5, 5.41) is 0. The van der Waals surface area contributed by atoms with E-state index in [0.717, 1.165) is 17.0 Å². The Morgan fingerprint density at radius 1 is 1.14 bits per heavy atom. The highest BCUT2D eigenvalue weighted by Crippen LogP contribution is 2.36. The van der Waals surface area contributed by atoms with Crippen LogP contribution in [-0.4, -0.2) is 55.9 Å². The number of carbonyl (C=O) groups excluding carboxylic acids is 1. The first-order chi connectivity index (χ1) is 16.9. The van der Waals surface area contributed by atoms with Crippen LogP contribution in [-0.2, 0) is 6.18 Å². The Bertz CT molecular complexity index is 1220. The molecule has 3 aromatic heterocycles. The Balaban J connectivity index is 1.63. The molecule has 0 saturated carbocycles. The van der Waals surface area contributed by atoms with E-state index < -0.39 is 48.5 Å². The molecule has 1 fully saturated rings. The van der Waals surface area contributed by atoms with Crippen LogP contribution in [0.1, 0.15) is 35.1 Å². The topological polar surface area (TPSA) is 81.1 Å². The molecule has 1 aliphatic rings. The Morgan fingerprint density at radius 2 is 1.86 bits per heavy atom. The van der Waals surface area contributed by atoms with E-state index in [2.05, 4.69) is 19.9 Å². The number of aromatic nitrogens is 4. The Kier molecular flexibility index (Phi) is 6.87. The van der Waals surface area contributed by atoms with Crippen LogP contribution >= 0.6 is 0 Å². The van der Waals surface area contributed by atoms with Gasteiger partial charge >= 0.3 is 6.18 Å². The van der Waals surface area contributed by atoms with Crippen LogP contribution in [0.25, 0.3) is 11.4 Å². The number of carbonyl (C=O) groups is 1. The molecule has 1 aliphatic heterocycles. The Morgan fingerprint density at radius 3 is 2.50 bits per heavy atom. The third-order valence-corrected chi connectivity index (χ3v) is 5.85. The minimum Gasteiger partial charge on any atom is -0.475 e. The number of hydrogen-bond acceptors (Lipinski definition) is 6. The first-order valence-corrected chi connectivity index (χ1v) is 11.0. The van der Waals surface area contributed by atoms with Crippen molar-refractivity contribution < 1.29 is 31.5 Å². The fourth-order valence-electron chi connectivity index (χ4n) is 4.10. The number of halogens is 5. The second-order valence-corrected chi connectivity index (χ2v) is 8.65. The Labute approximate surface area is 203 Å². The average Bonchev–Trinajstić information content (AvgIpc) is 2.82. The van der Waals surface area contributed by atoms with E-state index in [9.17, 15) is 26.7 Å². The lowest BCUT2D eigenvalue weighted by molar-refractivity contribution is -0.137. The van der Waals surface area contributed by atoms with Gasteiger partial charge in [0.15, 0.2) is 5.82 Å². The van der Waals surface area contributed by atoms with Gasteiger partial charge in [-0.3, -0.25) is 4.79 Å². The van der Waals surface area contributed by atoms with Crippen molar-refractivity contribution >= 4 is 5.91 Å². The van der Waals surface area contributed by atoms with Crippen LogP contribution in [0, 0.1) is 12.8 Å². The van der Waals surface area contributed by atoms with Gasteiger partial charge in [0.05, 0.1) is 23.7 Å². The van der Waals surface area contributed by atoms with E-state index in [-0.39, 0.29) is 29.6 Å². The molecule has 0 spiro atoms. The molecule has 3 aromatic rings. The number of pyridine rings is 2. The fraction of sp³-hybridized carbons (Fsp3) is 0.375. The summed E-state index contributed by atoms with van der Waals surface area (Å²) < 4.78 is 73.1. The molecule has 0 aromatic carbocycles. The summed E-state index contributed by atoms with van der Waals surface area (Å²) >= 11 is 0. The minimum atomic E-state index is -4.56. The van der Waals surface area contributed by atoms with Gasteiger partial charge in [0.1, 0.15) is 12.3 Å². The summed E-state index contributed by atoms with van der Waals surface area (Å²) in [6.07, 6.45) is -1.44. The maximum absolute atomic E-state index is 14.6. The van der Waals surface area contributed by atoms with Gasteiger partial charge in [-0.05, 0) is 37.1 Å². The van der Waals surface area contributed by atoms with Crippen LogP contribution in [0.2, 0.25) is 0 Å². The molecule has 4 rings (SSSR count). The second kappa shape index (κ2) is 9.75. The quantitative estimate of drug-likeness (QED) is 0.461. The van der Waals surface area contributed by atoms with Gasteiger partial charge < -0.3 is 9.64 Å². The van der Waals surface area contributed by atoms with Crippen LogP contribution < -0.4 is 4.74 Å². The zero-order chi connectivity index (χ0) is 26.1. The molecule has 1 saturated heterocycles. The number of likely N-dealkylation sites (tertiary alicyclic amines) is 1. The zero-order valence-electron chi connectivity index (χ0n) is 19.3. The van der Waals surface area contributed by atoms with Crippen molar-refractivity contribution in [3.63, 3.8) is 0 Å². The maximum Gasteiger partial charge on any atom is 0.417 e. The van der Waals surface area contributed by atoms with Crippen LogP contribution in [0.4, 0.5) is 22.0 Å². The van der Waals surface area contributed by atoms with E-state index in [1.54, 1.807) is 32.0 Å². The summed E-state index contributed by atoms with van der Waals surface area (Å²) in [4.78, 5) is 30.9. The first kappa shape index (κ1) is 25.4. The highest BCUT2D eigenvalue weighted by molar-refractivity contribution is 5.98. The molecule has 0 N–H and O–H groups in total. The van der Waals surface area contributed by atoms with Gasteiger partial charge in [0, 0.05) is 36.8 Å². The van der Waals surface area contributed by atoms with Gasteiger partial charge in [0.25, 0.3) is 11.8 Å². The maximum atomic E-state index is 14.6. The standard InChI is InChI=1S/C24H22F5N5O2/c1-14-10-23(25,26)13-34(18(14)12-36-19-7-5-16(11-32-19)24(27,28)29)22(35)20-17(6-4-15(2)33-20)21-30-8-3-9-31-21/h3-9,11,14,18H,10,12-13H2,1-2H3. The SMILES string of the molecule is Cc1ccc(-c2ncccn2)c(C(=O)N2CC(F)(F)CC(C)C2COc2ccc(C(F)(F)F)cn2)n1. The summed E-state index contributed by atoms with van der Waals surface area (Å²) in [6, 6.07) is 5.91. The van der Waals surface area contributed by atoms with Crippen molar-refractivity contribution in [1.29, 1.82) is 0 Å². The van der Waals surface area contributed by atoms with Gasteiger partial charge in [0.2, 0.25) is 5.88 Å². The average molecular weight is 507 g/mol. The molecule has 1 amide bonds. The summed E-state index contributed by atoms with van der Waals surface area (Å²) in [7, 11) is 0. The highest BCUT2D eigenvalue weighted by Gasteiger charge is 2.47. The summed E-state index contributed by atoms with van der Waals surface area (Å²) in [5.41, 5.74) is -0.240. The number of alkyl halides is 5. The number of rotatable bonds is 5. The van der Waals surface area contributed by atoms with Gasteiger partial charge in [-0.1, -0.05) is 6.92 Å². The normalized spacial score (nSPS) is 19.7. The van der Waals surface area contributed by atoms with Crippen LogP contribution in [0.3, 0.4) is 0 Å².